The highest BCUT2D eigenvalue weighted by atomic mass is 16.5. The summed E-state index contributed by atoms with van der Waals surface area (Å²) in [6.45, 7) is 5.34. The monoisotopic (exact) mass is 371 g/mol. The molecule has 2 nitrogen and oxygen atoms in total. The first-order valence-electron chi connectivity index (χ1n) is 10.4. The van der Waals surface area contributed by atoms with Crippen LogP contribution in [-0.2, 0) is 10.3 Å². The molecule has 0 amide bonds. The maximum atomic E-state index is 6.92. The van der Waals surface area contributed by atoms with Crippen molar-refractivity contribution in [3.63, 3.8) is 0 Å². The lowest BCUT2D eigenvalue weighted by Crippen LogP contribution is -2.40. The van der Waals surface area contributed by atoms with E-state index in [1.807, 2.05) is 0 Å². The van der Waals surface area contributed by atoms with Crippen molar-refractivity contribution in [1.29, 1.82) is 0 Å². The first kappa shape index (κ1) is 18.9. The fourth-order valence-corrected chi connectivity index (χ4v) is 4.30. The van der Waals surface area contributed by atoms with Crippen LogP contribution in [0.1, 0.15) is 36.5 Å². The van der Waals surface area contributed by atoms with Crippen LogP contribution in [-0.4, -0.2) is 30.6 Å². The van der Waals surface area contributed by atoms with Gasteiger partial charge < -0.3 is 4.74 Å². The minimum absolute atomic E-state index is 0.401. The number of hydrogen-bond donors (Lipinski definition) is 0. The van der Waals surface area contributed by atoms with E-state index in [1.54, 1.807) is 0 Å². The van der Waals surface area contributed by atoms with E-state index in [0.29, 0.717) is 12.6 Å². The number of likely N-dealkylation sites (tertiary alicyclic amines) is 1. The van der Waals surface area contributed by atoms with Gasteiger partial charge in [0.2, 0.25) is 0 Å². The highest BCUT2D eigenvalue weighted by molar-refractivity contribution is 5.47. The lowest BCUT2D eigenvalue weighted by molar-refractivity contribution is -0.0158. The van der Waals surface area contributed by atoms with Gasteiger partial charge in [-0.15, -0.1) is 0 Å². The zero-order chi connectivity index (χ0) is 19.2. The third-order valence-corrected chi connectivity index (χ3v) is 5.85. The normalized spacial score (nSPS) is 16.2. The summed E-state index contributed by atoms with van der Waals surface area (Å²) in [6.07, 6.45) is 2.59. The molecule has 1 saturated heterocycles. The molecule has 0 spiro atoms. The molecule has 1 fully saturated rings. The van der Waals surface area contributed by atoms with Crippen LogP contribution in [0.15, 0.2) is 91.0 Å². The zero-order valence-electron chi connectivity index (χ0n) is 16.6. The summed E-state index contributed by atoms with van der Waals surface area (Å²) in [7, 11) is 0. The SMILES string of the molecule is C[C@@H](COC(c1ccccc1)(c1ccccc1)c1ccccc1)N1CCCC1. The Balaban J connectivity index is 1.78. The highest BCUT2D eigenvalue weighted by Gasteiger charge is 2.38. The molecule has 0 aliphatic carbocycles. The average Bonchev–Trinajstić information content (AvgIpc) is 3.31. The van der Waals surface area contributed by atoms with Crippen LogP contribution in [0, 0.1) is 0 Å². The van der Waals surface area contributed by atoms with E-state index in [1.165, 1.54) is 42.6 Å². The second-order valence-electron chi connectivity index (χ2n) is 7.68. The molecule has 28 heavy (non-hydrogen) atoms. The van der Waals surface area contributed by atoms with E-state index in [2.05, 4.69) is 103 Å². The van der Waals surface area contributed by atoms with Gasteiger partial charge in [-0.1, -0.05) is 91.0 Å². The van der Waals surface area contributed by atoms with E-state index in [0.717, 1.165) is 0 Å². The zero-order valence-corrected chi connectivity index (χ0v) is 16.6. The maximum Gasteiger partial charge on any atom is 0.143 e. The summed E-state index contributed by atoms with van der Waals surface area (Å²) in [4.78, 5) is 2.55. The van der Waals surface area contributed by atoms with Crippen LogP contribution in [0.25, 0.3) is 0 Å². The van der Waals surface area contributed by atoms with Crippen LogP contribution >= 0.6 is 0 Å². The van der Waals surface area contributed by atoms with Gasteiger partial charge in [-0.05, 0) is 49.5 Å². The van der Waals surface area contributed by atoms with E-state index in [-0.39, 0.29) is 0 Å². The summed E-state index contributed by atoms with van der Waals surface area (Å²) in [5.74, 6) is 0. The topological polar surface area (TPSA) is 12.5 Å². The Labute approximate surface area is 168 Å². The van der Waals surface area contributed by atoms with Crippen molar-refractivity contribution in [3.8, 4) is 0 Å². The fraction of sp³-hybridized carbons (Fsp3) is 0.308. The van der Waals surface area contributed by atoms with Crippen molar-refractivity contribution in [2.45, 2.75) is 31.4 Å². The molecule has 0 bridgehead atoms. The number of ether oxygens (including phenoxy) is 1. The Bertz CT molecular complexity index is 745. The molecular formula is C26H29NO. The Morgan fingerprint density at radius 2 is 1.11 bits per heavy atom. The molecule has 1 aliphatic rings. The van der Waals surface area contributed by atoms with E-state index >= 15 is 0 Å². The Kier molecular flexibility index (Phi) is 5.90. The van der Waals surface area contributed by atoms with Gasteiger partial charge in [-0.25, -0.2) is 0 Å². The number of hydrogen-bond acceptors (Lipinski definition) is 2. The van der Waals surface area contributed by atoms with Crippen LogP contribution in [0.2, 0.25) is 0 Å². The number of nitrogens with zero attached hydrogens (tertiary/aromatic N) is 1. The molecular weight excluding hydrogens is 342 g/mol. The van der Waals surface area contributed by atoms with Crippen LogP contribution in [0.5, 0.6) is 0 Å². The van der Waals surface area contributed by atoms with Crippen molar-refractivity contribution in [3.05, 3.63) is 108 Å². The minimum Gasteiger partial charge on any atom is -0.359 e. The molecule has 0 N–H and O–H groups in total. The second-order valence-corrected chi connectivity index (χ2v) is 7.68. The molecule has 0 aromatic heterocycles. The highest BCUT2D eigenvalue weighted by Crippen LogP contribution is 2.40. The molecule has 1 atom stereocenters. The van der Waals surface area contributed by atoms with Crippen LogP contribution < -0.4 is 0 Å². The van der Waals surface area contributed by atoms with Gasteiger partial charge in [-0.3, -0.25) is 4.90 Å². The van der Waals surface area contributed by atoms with Gasteiger partial charge in [0, 0.05) is 6.04 Å². The van der Waals surface area contributed by atoms with Gasteiger partial charge in [0.15, 0.2) is 0 Å². The largest absolute Gasteiger partial charge is 0.359 e. The van der Waals surface area contributed by atoms with Crippen LogP contribution in [0.3, 0.4) is 0 Å². The molecule has 3 aromatic carbocycles. The molecule has 0 radical (unpaired) electrons. The molecule has 144 valence electrons. The summed E-state index contributed by atoms with van der Waals surface area (Å²) in [5.41, 5.74) is 2.89. The van der Waals surface area contributed by atoms with E-state index in [4.69, 9.17) is 4.74 Å². The smallest absolute Gasteiger partial charge is 0.143 e. The summed E-state index contributed by atoms with van der Waals surface area (Å²) < 4.78 is 6.92. The molecule has 0 saturated carbocycles. The van der Waals surface area contributed by atoms with Crippen molar-refractivity contribution in [1.82, 2.24) is 4.90 Å². The summed E-state index contributed by atoms with van der Waals surface area (Å²) in [5, 5.41) is 0. The maximum absolute atomic E-state index is 6.92. The van der Waals surface area contributed by atoms with Crippen molar-refractivity contribution in [2.24, 2.45) is 0 Å². The van der Waals surface area contributed by atoms with E-state index in [9.17, 15) is 0 Å². The number of rotatable bonds is 7. The molecule has 1 aliphatic heterocycles. The van der Waals surface area contributed by atoms with Gasteiger partial charge in [0.05, 0.1) is 6.61 Å². The first-order chi connectivity index (χ1) is 13.8. The van der Waals surface area contributed by atoms with Crippen molar-refractivity contribution < 1.29 is 4.74 Å². The Morgan fingerprint density at radius 1 is 0.714 bits per heavy atom. The molecule has 2 heteroatoms. The van der Waals surface area contributed by atoms with Gasteiger partial charge in [0.25, 0.3) is 0 Å². The standard InChI is InChI=1S/C26H29NO/c1-22(27-19-11-12-20-27)21-28-26(23-13-5-2-6-14-23,24-15-7-3-8-16-24)25-17-9-4-10-18-25/h2-10,13-18,22H,11-12,19-21H2,1H3/t22-/m0/s1. The average molecular weight is 372 g/mol. The quantitative estimate of drug-likeness (QED) is 0.510. The fourth-order valence-electron chi connectivity index (χ4n) is 4.30. The predicted octanol–water partition coefficient (Wildman–Crippen LogP) is 5.48. The lowest BCUT2D eigenvalue weighted by atomic mass is 9.80. The third kappa shape index (κ3) is 3.76. The Morgan fingerprint density at radius 3 is 1.50 bits per heavy atom. The molecule has 4 rings (SSSR count). The summed E-state index contributed by atoms with van der Waals surface area (Å²) >= 11 is 0. The predicted molar refractivity (Wildman–Crippen MR) is 115 cm³/mol. The van der Waals surface area contributed by atoms with Crippen molar-refractivity contribution >= 4 is 0 Å². The van der Waals surface area contributed by atoms with Crippen LogP contribution in [0.4, 0.5) is 0 Å². The first-order valence-corrected chi connectivity index (χ1v) is 10.4. The van der Waals surface area contributed by atoms with Gasteiger partial charge in [-0.2, -0.15) is 0 Å². The summed E-state index contributed by atoms with van der Waals surface area (Å²) in [6, 6.07) is 32.3. The number of benzene rings is 3. The molecule has 1 heterocycles. The van der Waals surface area contributed by atoms with E-state index < -0.39 is 5.60 Å². The third-order valence-electron chi connectivity index (χ3n) is 5.85. The van der Waals surface area contributed by atoms with Crippen molar-refractivity contribution in [2.75, 3.05) is 19.7 Å². The second kappa shape index (κ2) is 8.72. The van der Waals surface area contributed by atoms with Gasteiger partial charge in [0.1, 0.15) is 5.60 Å². The Hall–Kier alpha value is -2.42. The van der Waals surface area contributed by atoms with Gasteiger partial charge >= 0.3 is 0 Å². The lowest BCUT2D eigenvalue weighted by Gasteiger charge is -2.38. The molecule has 3 aromatic rings. The minimum atomic E-state index is -0.613. The molecule has 0 unspecified atom stereocenters.